The standard InChI is InChI=1S/C18H27NS/c1-15(2)9-5-3-4-8-12-19-13-16-14-20-18-11-7-6-10-17(16)18/h6-7,10-11,14-15,19H,3-5,8-9,12-13H2,1-2H3. The van der Waals surface area contributed by atoms with E-state index in [0.717, 1.165) is 19.0 Å². The van der Waals surface area contributed by atoms with E-state index in [9.17, 15) is 0 Å². The molecule has 0 spiro atoms. The molecule has 1 aromatic heterocycles. The summed E-state index contributed by atoms with van der Waals surface area (Å²) in [5, 5.41) is 7.30. The predicted molar refractivity (Wildman–Crippen MR) is 91.5 cm³/mol. The average molecular weight is 289 g/mol. The van der Waals surface area contributed by atoms with Gasteiger partial charge in [-0.2, -0.15) is 0 Å². The summed E-state index contributed by atoms with van der Waals surface area (Å²) >= 11 is 1.85. The van der Waals surface area contributed by atoms with Crippen LogP contribution in [-0.2, 0) is 6.54 Å². The topological polar surface area (TPSA) is 12.0 Å². The van der Waals surface area contributed by atoms with Crippen LogP contribution in [0.4, 0.5) is 0 Å². The summed E-state index contributed by atoms with van der Waals surface area (Å²) in [5.74, 6) is 0.861. The largest absolute Gasteiger partial charge is 0.313 e. The fourth-order valence-corrected chi connectivity index (χ4v) is 3.51. The molecule has 0 bridgehead atoms. The highest BCUT2D eigenvalue weighted by Gasteiger charge is 2.02. The Morgan fingerprint density at radius 3 is 2.70 bits per heavy atom. The van der Waals surface area contributed by atoms with Gasteiger partial charge in [0.1, 0.15) is 0 Å². The number of benzene rings is 1. The van der Waals surface area contributed by atoms with E-state index in [2.05, 4.69) is 48.8 Å². The van der Waals surface area contributed by atoms with Crippen molar-refractivity contribution in [1.29, 1.82) is 0 Å². The molecule has 2 heteroatoms. The van der Waals surface area contributed by atoms with Gasteiger partial charge in [-0.05, 0) is 41.3 Å². The zero-order chi connectivity index (χ0) is 14.2. The zero-order valence-electron chi connectivity index (χ0n) is 12.8. The highest BCUT2D eigenvalue weighted by molar-refractivity contribution is 7.17. The van der Waals surface area contributed by atoms with Gasteiger partial charge in [0.25, 0.3) is 0 Å². The van der Waals surface area contributed by atoms with Gasteiger partial charge in [-0.25, -0.2) is 0 Å². The molecule has 1 heterocycles. The second-order valence-electron chi connectivity index (χ2n) is 6.03. The van der Waals surface area contributed by atoms with Crippen molar-refractivity contribution in [3.63, 3.8) is 0 Å². The van der Waals surface area contributed by atoms with E-state index in [1.54, 1.807) is 0 Å². The lowest BCUT2D eigenvalue weighted by Crippen LogP contribution is -2.14. The van der Waals surface area contributed by atoms with Crippen molar-refractivity contribution in [2.45, 2.75) is 52.5 Å². The Labute approximate surface area is 127 Å². The normalized spacial score (nSPS) is 11.6. The maximum Gasteiger partial charge on any atom is 0.0346 e. The summed E-state index contributed by atoms with van der Waals surface area (Å²) in [6.45, 7) is 6.78. The van der Waals surface area contributed by atoms with Crippen molar-refractivity contribution in [2.24, 2.45) is 5.92 Å². The van der Waals surface area contributed by atoms with E-state index in [1.165, 1.54) is 47.8 Å². The van der Waals surface area contributed by atoms with E-state index >= 15 is 0 Å². The molecule has 0 aliphatic heterocycles. The number of hydrogen-bond acceptors (Lipinski definition) is 2. The lowest BCUT2D eigenvalue weighted by molar-refractivity contribution is 0.512. The van der Waals surface area contributed by atoms with E-state index in [0.29, 0.717) is 0 Å². The molecule has 2 rings (SSSR count). The third-order valence-corrected chi connectivity index (χ3v) is 4.77. The minimum atomic E-state index is 0.861. The van der Waals surface area contributed by atoms with Gasteiger partial charge in [0.2, 0.25) is 0 Å². The summed E-state index contributed by atoms with van der Waals surface area (Å²) in [6, 6.07) is 8.69. The third kappa shape index (κ3) is 4.92. The predicted octanol–water partition coefficient (Wildman–Crippen LogP) is 5.60. The highest BCUT2D eigenvalue weighted by Crippen LogP contribution is 2.25. The number of unbranched alkanes of at least 4 members (excludes halogenated alkanes) is 3. The fraction of sp³-hybridized carbons (Fsp3) is 0.556. The van der Waals surface area contributed by atoms with Crippen LogP contribution in [-0.4, -0.2) is 6.54 Å². The summed E-state index contributed by atoms with van der Waals surface area (Å²) in [7, 11) is 0. The van der Waals surface area contributed by atoms with E-state index < -0.39 is 0 Å². The molecular weight excluding hydrogens is 262 g/mol. The Bertz CT molecular complexity index is 501. The highest BCUT2D eigenvalue weighted by atomic mass is 32.1. The van der Waals surface area contributed by atoms with Crippen LogP contribution in [0.1, 0.15) is 51.5 Å². The summed E-state index contributed by atoms with van der Waals surface area (Å²) in [5.41, 5.74) is 1.45. The van der Waals surface area contributed by atoms with Crippen LogP contribution in [0.25, 0.3) is 10.1 Å². The number of thiophene rings is 1. The molecule has 0 amide bonds. The van der Waals surface area contributed by atoms with Gasteiger partial charge in [-0.15, -0.1) is 11.3 Å². The molecule has 0 aliphatic rings. The number of hydrogen-bond donors (Lipinski definition) is 1. The molecule has 0 fully saturated rings. The van der Waals surface area contributed by atoms with Crippen molar-refractivity contribution >= 4 is 21.4 Å². The van der Waals surface area contributed by atoms with E-state index in [1.807, 2.05) is 11.3 Å². The summed E-state index contributed by atoms with van der Waals surface area (Å²) in [6.07, 6.45) is 6.84. The SMILES string of the molecule is CC(C)CCCCCCNCc1csc2ccccc12. The first kappa shape index (κ1) is 15.5. The van der Waals surface area contributed by atoms with Crippen LogP contribution in [0.3, 0.4) is 0 Å². The van der Waals surface area contributed by atoms with Gasteiger partial charge >= 0.3 is 0 Å². The number of fused-ring (bicyclic) bond motifs is 1. The van der Waals surface area contributed by atoms with Crippen LogP contribution >= 0.6 is 11.3 Å². The monoisotopic (exact) mass is 289 g/mol. The molecule has 0 radical (unpaired) electrons. The summed E-state index contributed by atoms with van der Waals surface area (Å²) in [4.78, 5) is 0. The second kappa shape index (κ2) is 8.43. The van der Waals surface area contributed by atoms with Crippen molar-refractivity contribution in [3.8, 4) is 0 Å². The van der Waals surface area contributed by atoms with Gasteiger partial charge in [0.05, 0.1) is 0 Å². The van der Waals surface area contributed by atoms with Gasteiger partial charge in [-0.1, -0.05) is 57.7 Å². The van der Waals surface area contributed by atoms with Crippen molar-refractivity contribution in [3.05, 3.63) is 35.2 Å². The molecule has 20 heavy (non-hydrogen) atoms. The van der Waals surface area contributed by atoms with Gasteiger partial charge in [0.15, 0.2) is 0 Å². The van der Waals surface area contributed by atoms with E-state index in [-0.39, 0.29) is 0 Å². The Morgan fingerprint density at radius 1 is 1.05 bits per heavy atom. The van der Waals surface area contributed by atoms with Crippen LogP contribution in [0.2, 0.25) is 0 Å². The van der Waals surface area contributed by atoms with Gasteiger partial charge < -0.3 is 5.32 Å². The Hall–Kier alpha value is -0.860. The molecule has 0 saturated carbocycles. The fourth-order valence-electron chi connectivity index (χ4n) is 2.55. The number of rotatable bonds is 9. The molecule has 1 aromatic carbocycles. The average Bonchev–Trinajstić information content (AvgIpc) is 2.85. The molecular formula is C18H27NS. The lowest BCUT2D eigenvalue weighted by atomic mass is 10.0. The molecule has 1 N–H and O–H groups in total. The molecule has 0 saturated heterocycles. The molecule has 0 aliphatic carbocycles. The molecule has 0 atom stereocenters. The van der Waals surface area contributed by atoms with Gasteiger partial charge in [-0.3, -0.25) is 0 Å². The quantitative estimate of drug-likeness (QED) is 0.593. The lowest BCUT2D eigenvalue weighted by Gasteiger charge is -2.06. The Balaban J connectivity index is 1.59. The van der Waals surface area contributed by atoms with Crippen LogP contribution in [0.15, 0.2) is 29.6 Å². The number of nitrogens with one attached hydrogen (secondary N) is 1. The molecule has 1 nitrogen and oxygen atoms in total. The molecule has 0 unspecified atom stereocenters. The second-order valence-corrected chi connectivity index (χ2v) is 6.94. The molecule has 110 valence electrons. The minimum absolute atomic E-state index is 0.861. The smallest absolute Gasteiger partial charge is 0.0346 e. The van der Waals surface area contributed by atoms with Crippen molar-refractivity contribution in [1.82, 2.24) is 5.32 Å². The zero-order valence-corrected chi connectivity index (χ0v) is 13.6. The minimum Gasteiger partial charge on any atom is -0.313 e. The van der Waals surface area contributed by atoms with Crippen LogP contribution in [0.5, 0.6) is 0 Å². The summed E-state index contributed by atoms with van der Waals surface area (Å²) < 4.78 is 1.40. The third-order valence-electron chi connectivity index (χ3n) is 3.76. The molecule has 2 aromatic rings. The first-order valence-electron chi connectivity index (χ1n) is 7.93. The van der Waals surface area contributed by atoms with Gasteiger partial charge in [0, 0.05) is 11.2 Å². The van der Waals surface area contributed by atoms with E-state index in [4.69, 9.17) is 0 Å². The maximum atomic E-state index is 3.59. The maximum absolute atomic E-state index is 3.59. The van der Waals surface area contributed by atoms with Crippen molar-refractivity contribution in [2.75, 3.05) is 6.54 Å². The van der Waals surface area contributed by atoms with Crippen LogP contribution < -0.4 is 5.32 Å². The Kier molecular flexibility index (Phi) is 6.55. The Morgan fingerprint density at radius 2 is 1.85 bits per heavy atom. The van der Waals surface area contributed by atoms with Crippen molar-refractivity contribution < 1.29 is 0 Å². The first-order valence-corrected chi connectivity index (χ1v) is 8.81. The first-order chi connectivity index (χ1) is 9.77. The van der Waals surface area contributed by atoms with Crippen LogP contribution in [0, 0.1) is 5.92 Å².